The van der Waals surface area contributed by atoms with E-state index in [0.29, 0.717) is 39.1 Å². The largest absolute Gasteiger partial charge is 0.469 e. The molecule has 0 unspecified atom stereocenters. The van der Waals surface area contributed by atoms with Crippen LogP contribution in [-0.2, 0) is 20.8 Å². The minimum atomic E-state index is -0.480. The Morgan fingerprint density at radius 2 is 2.10 bits per heavy atom. The molecule has 1 aliphatic rings. The molecule has 1 saturated heterocycles. The third-order valence-electron chi connectivity index (χ3n) is 4.01. The molecule has 0 spiro atoms. The first-order valence-corrected chi connectivity index (χ1v) is 6.88. The SMILES string of the molecule is COC(=O)C1(CNCc2c(C)noc2C)CCOCC1. The molecule has 0 aliphatic carbocycles. The number of nitrogens with one attached hydrogen (secondary N) is 1. The number of methoxy groups -OCH3 is 1. The number of aryl methyl sites for hydroxylation is 2. The van der Waals surface area contributed by atoms with Crippen LogP contribution in [0.4, 0.5) is 0 Å². The van der Waals surface area contributed by atoms with Gasteiger partial charge in [-0.1, -0.05) is 5.16 Å². The molecule has 0 atom stereocenters. The maximum absolute atomic E-state index is 12.1. The average molecular weight is 282 g/mol. The second-order valence-corrected chi connectivity index (χ2v) is 5.29. The first kappa shape index (κ1) is 15.0. The Kier molecular flexibility index (Phi) is 4.77. The van der Waals surface area contributed by atoms with Gasteiger partial charge >= 0.3 is 5.97 Å². The van der Waals surface area contributed by atoms with Gasteiger partial charge in [0.2, 0.25) is 0 Å². The number of hydrogen-bond donors (Lipinski definition) is 1. The highest BCUT2D eigenvalue weighted by Gasteiger charge is 2.40. The summed E-state index contributed by atoms with van der Waals surface area (Å²) in [7, 11) is 1.44. The Hall–Kier alpha value is -1.40. The van der Waals surface area contributed by atoms with Crippen molar-refractivity contribution in [1.82, 2.24) is 10.5 Å². The third-order valence-corrected chi connectivity index (χ3v) is 4.01. The van der Waals surface area contributed by atoms with E-state index in [1.165, 1.54) is 7.11 Å². The average Bonchev–Trinajstić information content (AvgIpc) is 2.79. The Labute approximate surface area is 118 Å². The van der Waals surface area contributed by atoms with E-state index in [1.54, 1.807) is 0 Å². The van der Waals surface area contributed by atoms with Crippen molar-refractivity contribution in [2.45, 2.75) is 33.2 Å². The van der Waals surface area contributed by atoms with E-state index in [2.05, 4.69) is 10.5 Å². The molecular weight excluding hydrogens is 260 g/mol. The summed E-state index contributed by atoms with van der Waals surface area (Å²) >= 11 is 0. The summed E-state index contributed by atoms with van der Waals surface area (Å²) in [6.07, 6.45) is 1.38. The molecule has 0 bridgehead atoms. The maximum atomic E-state index is 12.1. The monoisotopic (exact) mass is 282 g/mol. The highest BCUT2D eigenvalue weighted by atomic mass is 16.5. The zero-order valence-electron chi connectivity index (χ0n) is 12.3. The molecule has 6 heteroatoms. The molecule has 1 aromatic rings. The van der Waals surface area contributed by atoms with Gasteiger partial charge in [-0.2, -0.15) is 0 Å². The first-order chi connectivity index (χ1) is 9.59. The minimum absolute atomic E-state index is 0.160. The van der Waals surface area contributed by atoms with E-state index in [9.17, 15) is 4.79 Å². The molecule has 0 amide bonds. The number of rotatable bonds is 5. The zero-order valence-corrected chi connectivity index (χ0v) is 12.3. The predicted molar refractivity (Wildman–Crippen MR) is 72.2 cm³/mol. The van der Waals surface area contributed by atoms with Gasteiger partial charge in [-0.05, 0) is 26.7 Å². The van der Waals surface area contributed by atoms with Gasteiger partial charge in [-0.15, -0.1) is 0 Å². The molecule has 1 N–H and O–H groups in total. The lowest BCUT2D eigenvalue weighted by Crippen LogP contribution is -2.45. The normalized spacial score (nSPS) is 17.9. The highest BCUT2D eigenvalue weighted by Crippen LogP contribution is 2.31. The summed E-state index contributed by atoms with van der Waals surface area (Å²) in [5, 5.41) is 7.26. The van der Waals surface area contributed by atoms with Crippen molar-refractivity contribution in [2.24, 2.45) is 5.41 Å². The van der Waals surface area contributed by atoms with Gasteiger partial charge in [0, 0.05) is 31.9 Å². The number of carbonyl (C=O) groups excluding carboxylic acids is 1. The smallest absolute Gasteiger partial charge is 0.313 e. The Balaban J connectivity index is 1.97. The van der Waals surface area contributed by atoms with E-state index in [0.717, 1.165) is 17.0 Å². The molecule has 1 aliphatic heterocycles. The fourth-order valence-corrected chi connectivity index (χ4v) is 2.61. The summed E-state index contributed by atoms with van der Waals surface area (Å²) in [4.78, 5) is 12.1. The summed E-state index contributed by atoms with van der Waals surface area (Å²) in [5.74, 6) is 0.654. The number of ether oxygens (including phenoxy) is 2. The van der Waals surface area contributed by atoms with Crippen LogP contribution in [0, 0.1) is 19.3 Å². The fourth-order valence-electron chi connectivity index (χ4n) is 2.61. The number of hydrogen-bond acceptors (Lipinski definition) is 6. The van der Waals surface area contributed by atoms with E-state index in [-0.39, 0.29) is 5.97 Å². The van der Waals surface area contributed by atoms with Gasteiger partial charge in [0.05, 0.1) is 18.2 Å². The second-order valence-electron chi connectivity index (χ2n) is 5.29. The van der Waals surface area contributed by atoms with Crippen LogP contribution in [0.15, 0.2) is 4.52 Å². The Morgan fingerprint density at radius 1 is 1.40 bits per heavy atom. The lowest BCUT2D eigenvalue weighted by atomic mass is 9.80. The van der Waals surface area contributed by atoms with Crippen molar-refractivity contribution in [1.29, 1.82) is 0 Å². The maximum Gasteiger partial charge on any atom is 0.313 e. The van der Waals surface area contributed by atoms with Crippen LogP contribution < -0.4 is 5.32 Å². The van der Waals surface area contributed by atoms with Crippen LogP contribution in [-0.4, -0.2) is 38.0 Å². The molecule has 112 valence electrons. The van der Waals surface area contributed by atoms with Crippen LogP contribution in [0.2, 0.25) is 0 Å². The van der Waals surface area contributed by atoms with Gasteiger partial charge in [-0.3, -0.25) is 4.79 Å². The Bertz CT molecular complexity index is 444. The number of carbonyl (C=O) groups is 1. The molecule has 2 rings (SSSR count). The molecule has 0 radical (unpaired) electrons. The third kappa shape index (κ3) is 3.02. The summed E-state index contributed by atoms with van der Waals surface area (Å²) in [6.45, 7) is 6.22. The van der Waals surface area contributed by atoms with Gasteiger partial charge in [0.25, 0.3) is 0 Å². The van der Waals surface area contributed by atoms with Crippen LogP contribution in [0.5, 0.6) is 0 Å². The molecule has 1 aromatic heterocycles. The fraction of sp³-hybridized carbons (Fsp3) is 0.714. The molecule has 2 heterocycles. The number of aromatic nitrogens is 1. The van der Waals surface area contributed by atoms with E-state index in [1.807, 2.05) is 13.8 Å². The summed E-state index contributed by atoms with van der Waals surface area (Å²) < 4.78 is 15.4. The van der Waals surface area contributed by atoms with Crippen molar-refractivity contribution in [3.63, 3.8) is 0 Å². The summed E-state index contributed by atoms with van der Waals surface area (Å²) in [6, 6.07) is 0. The van der Waals surface area contributed by atoms with E-state index >= 15 is 0 Å². The first-order valence-electron chi connectivity index (χ1n) is 6.88. The molecular formula is C14H22N2O4. The molecule has 1 fully saturated rings. The quantitative estimate of drug-likeness (QED) is 0.822. The van der Waals surface area contributed by atoms with Crippen molar-refractivity contribution in [3.8, 4) is 0 Å². The second kappa shape index (κ2) is 6.37. The van der Waals surface area contributed by atoms with Crippen molar-refractivity contribution in [2.75, 3.05) is 26.9 Å². The van der Waals surface area contributed by atoms with Crippen LogP contribution in [0.3, 0.4) is 0 Å². The highest BCUT2D eigenvalue weighted by molar-refractivity contribution is 5.77. The van der Waals surface area contributed by atoms with Gasteiger partial charge in [-0.25, -0.2) is 0 Å². The molecule has 0 saturated carbocycles. The number of nitrogens with zero attached hydrogens (tertiary/aromatic N) is 1. The topological polar surface area (TPSA) is 73.6 Å². The molecule has 20 heavy (non-hydrogen) atoms. The van der Waals surface area contributed by atoms with Gasteiger partial charge in [0.15, 0.2) is 0 Å². The van der Waals surface area contributed by atoms with Gasteiger partial charge < -0.3 is 19.3 Å². The van der Waals surface area contributed by atoms with E-state index in [4.69, 9.17) is 14.0 Å². The number of esters is 1. The van der Waals surface area contributed by atoms with Gasteiger partial charge in [0.1, 0.15) is 5.76 Å². The summed E-state index contributed by atoms with van der Waals surface area (Å²) in [5.41, 5.74) is 1.46. The van der Waals surface area contributed by atoms with Crippen molar-refractivity contribution >= 4 is 5.97 Å². The lowest BCUT2D eigenvalue weighted by Gasteiger charge is -2.34. The van der Waals surface area contributed by atoms with Crippen molar-refractivity contribution in [3.05, 3.63) is 17.0 Å². The standard InChI is InChI=1S/C14H22N2O4/c1-10-12(11(2)20-16-10)8-15-9-14(13(17)18-3)4-6-19-7-5-14/h15H,4-9H2,1-3H3. The minimum Gasteiger partial charge on any atom is -0.469 e. The lowest BCUT2D eigenvalue weighted by molar-refractivity contribution is -0.158. The van der Waals surface area contributed by atoms with Crippen LogP contribution >= 0.6 is 0 Å². The van der Waals surface area contributed by atoms with Crippen LogP contribution in [0.1, 0.15) is 29.9 Å². The van der Waals surface area contributed by atoms with Crippen molar-refractivity contribution < 1.29 is 18.8 Å². The zero-order chi connectivity index (χ0) is 14.6. The van der Waals surface area contributed by atoms with Crippen LogP contribution in [0.25, 0.3) is 0 Å². The predicted octanol–water partition coefficient (Wildman–Crippen LogP) is 1.35. The Morgan fingerprint density at radius 3 is 2.65 bits per heavy atom. The molecule has 6 nitrogen and oxygen atoms in total. The van der Waals surface area contributed by atoms with E-state index < -0.39 is 5.41 Å². The molecule has 0 aromatic carbocycles.